The molecule has 2 aromatic heterocycles. The highest BCUT2D eigenvalue weighted by molar-refractivity contribution is 5.77. The lowest BCUT2D eigenvalue weighted by atomic mass is 10.0. The number of nitrogens with zero attached hydrogens (tertiary/aromatic N) is 4. The first-order valence-electron chi connectivity index (χ1n) is 9.31. The molecule has 7 nitrogen and oxygen atoms in total. The normalized spacial score (nSPS) is 11.3. The Morgan fingerprint density at radius 1 is 1.22 bits per heavy atom. The topological polar surface area (TPSA) is 81.8 Å². The highest BCUT2D eigenvalue weighted by Gasteiger charge is 2.13. The lowest BCUT2D eigenvalue weighted by Crippen LogP contribution is -2.32. The Balaban J connectivity index is 1.86. The minimum absolute atomic E-state index is 0.0419. The van der Waals surface area contributed by atoms with Gasteiger partial charge in [0, 0.05) is 6.54 Å². The van der Waals surface area contributed by atoms with Gasteiger partial charge in [0.2, 0.25) is 5.91 Å². The van der Waals surface area contributed by atoms with Gasteiger partial charge in [0.05, 0.1) is 11.9 Å². The van der Waals surface area contributed by atoms with E-state index in [1.165, 1.54) is 22.7 Å². The fourth-order valence-electron chi connectivity index (χ4n) is 2.87. The van der Waals surface area contributed by atoms with Crippen LogP contribution in [-0.2, 0) is 11.3 Å². The molecule has 0 aliphatic rings. The van der Waals surface area contributed by atoms with Crippen molar-refractivity contribution < 1.29 is 4.79 Å². The van der Waals surface area contributed by atoms with Crippen molar-refractivity contribution in [2.45, 2.75) is 46.1 Å². The zero-order valence-electron chi connectivity index (χ0n) is 16.0. The summed E-state index contributed by atoms with van der Waals surface area (Å²) in [6.07, 6.45) is 4.84. The van der Waals surface area contributed by atoms with E-state index in [4.69, 9.17) is 0 Å². The molecule has 0 aliphatic carbocycles. The number of hydrogen-bond donors (Lipinski definition) is 1. The van der Waals surface area contributed by atoms with Crippen LogP contribution in [0.4, 0.5) is 0 Å². The third-order valence-electron chi connectivity index (χ3n) is 4.53. The standard InChI is InChI=1S/C20H25N5O2/c1-4-5-10-21-18(26)12-24-13-22-19-17(20(24)27)11-23-25(19)16-8-6-15(7-9-16)14(2)3/h6-9,11,13-14H,4-5,10,12H2,1-3H3,(H,21,26). The van der Waals surface area contributed by atoms with Crippen molar-refractivity contribution in [1.29, 1.82) is 0 Å². The van der Waals surface area contributed by atoms with E-state index >= 15 is 0 Å². The van der Waals surface area contributed by atoms with E-state index in [2.05, 4.69) is 48.3 Å². The fourth-order valence-corrected chi connectivity index (χ4v) is 2.87. The number of aromatic nitrogens is 4. The number of rotatable bonds is 7. The Bertz CT molecular complexity index is 986. The van der Waals surface area contributed by atoms with E-state index in [-0.39, 0.29) is 18.0 Å². The maximum absolute atomic E-state index is 12.7. The molecule has 7 heteroatoms. The van der Waals surface area contributed by atoms with Crippen molar-refractivity contribution in [2.24, 2.45) is 0 Å². The molecule has 0 bridgehead atoms. The predicted molar refractivity (Wildman–Crippen MR) is 105 cm³/mol. The Morgan fingerprint density at radius 2 is 1.96 bits per heavy atom. The van der Waals surface area contributed by atoms with E-state index in [0.717, 1.165) is 18.5 Å². The molecule has 3 aromatic rings. The van der Waals surface area contributed by atoms with Gasteiger partial charge in [0.15, 0.2) is 5.65 Å². The Hall–Kier alpha value is -2.96. The number of nitrogens with one attached hydrogen (secondary N) is 1. The van der Waals surface area contributed by atoms with Crippen LogP contribution in [0.25, 0.3) is 16.7 Å². The summed E-state index contributed by atoms with van der Waals surface area (Å²) in [7, 11) is 0. The lowest BCUT2D eigenvalue weighted by molar-refractivity contribution is -0.121. The van der Waals surface area contributed by atoms with Gasteiger partial charge in [-0.3, -0.25) is 14.2 Å². The molecule has 27 heavy (non-hydrogen) atoms. The van der Waals surface area contributed by atoms with Crippen molar-refractivity contribution in [1.82, 2.24) is 24.6 Å². The highest BCUT2D eigenvalue weighted by Crippen LogP contribution is 2.18. The minimum atomic E-state index is -0.268. The van der Waals surface area contributed by atoms with Gasteiger partial charge >= 0.3 is 0 Å². The molecule has 1 aromatic carbocycles. The van der Waals surface area contributed by atoms with E-state index < -0.39 is 0 Å². The quantitative estimate of drug-likeness (QED) is 0.651. The number of carbonyl (C=O) groups excluding carboxylic acids is 1. The van der Waals surface area contributed by atoms with E-state index in [0.29, 0.717) is 23.5 Å². The maximum atomic E-state index is 12.7. The molecule has 3 rings (SSSR count). The van der Waals surface area contributed by atoms with Crippen LogP contribution < -0.4 is 10.9 Å². The SMILES string of the molecule is CCCCNC(=O)Cn1cnc2c(cnn2-c2ccc(C(C)C)cc2)c1=O. The molecular formula is C20H25N5O2. The Morgan fingerprint density at radius 3 is 2.63 bits per heavy atom. The summed E-state index contributed by atoms with van der Waals surface area (Å²) in [5.74, 6) is 0.255. The van der Waals surface area contributed by atoms with E-state index in [1.807, 2.05) is 12.1 Å². The fraction of sp³-hybridized carbons (Fsp3) is 0.400. The van der Waals surface area contributed by atoms with Gasteiger partial charge < -0.3 is 5.32 Å². The molecule has 1 amide bonds. The first-order chi connectivity index (χ1) is 13.0. The molecule has 0 fully saturated rings. The average molecular weight is 367 g/mol. The number of hydrogen-bond acceptors (Lipinski definition) is 4. The summed E-state index contributed by atoms with van der Waals surface area (Å²) in [4.78, 5) is 29.0. The van der Waals surface area contributed by atoms with E-state index in [1.54, 1.807) is 4.68 Å². The minimum Gasteiger partial charge on any atom is -0.355 e. The summed E-state index contributed by atoms with van der Waals surface area (Å²) < 4.78 is 2.96. The number of unbranched alkanes of at least 4 members (excludes halogenated alkanes) is 1. The molecule has 2 heterocycles. The smallest absolute Gasteiger partial charge is 0.264 e. The number of benzene rings is 1. The molecule has 0 atom stereocenters. The van der Waals surface area contributed by atoms with Gasteiger partial charge in [0.1, 0.15) is 18.3 Å². The van der Waals surface area contributed by atoms with Crippen molar-refractivity contribution in [3.05, 3.63) is 52.7 Å². The molecule has 0 unspecified atom stereocenters. The second-order valence-corrected chi connectivity index (χ2v) is 6.92. The molecule has 142 valence electrons. The summed E-state index contributed by atoms with van der Waals surface area (Å²) in [5.41, 5.74) is 2.30. The zero-order chi connectivity index (χ0) is 19.4. The van der Waals surface area contributed by atoms with Crippen LogP contribution in [0.2, 0.25) is 0 Å². The van der Waals surface area contributed by atoms with Crippen LogP contribution in [0, 0.1) is 0 Å². The average Bonchev–Trinajstić information content (AvgIpc) is 3.09. The van der Waals surface area contributed by atoms with Gasteiger partial charge in [0.25, 0.3) is 5.56 Å². The van der Waals surface area contributed by atoms with Crippen LogP contribution in [-0.4, -0.2) is 31.8 Å². The van der Waals surface area contributed by atoms with Gasteiger partial charge in [-0.05, 0) is 30.0 Å². The van der Waals surface area contributed by atoms with Crippen LogP contribution in [0.5, 0.6) is 0 Å². The first kappa shape index (κ1) is 18.8. The van der Waals surface area contributed by atoms with Gasteiger partial charge in [-0.1, -0.05) is 39.3 Å². The van der Waals surface area contributed by atoms with Gasteiger partial charge in [-0.15, -0.1) is 0 Å². The van der Waals surface area contributed by atoms with Crippen LogP contribution in [0.15, 0.2) is 41.6 Å². The Labute approximate surface area is 158 Å². The second-order valence-electron chi connectivity index (χ2n) is 6.92. The summed E-state index contributed by atoms with van der Waals surface area (Å²) in [6, 6.07) is 8.04. The van der Waals surface area contributed by atoms with Crippen LogP contribution in [0.1, 0.15) is 45.1 Å². The summed E-state index contributed by atoms with van der Waals surface area (Å²) >= 11 is 0. The van der Waals surface area contributed by atoms with Gasteiger partial charge in [-0.2, -0.15) is 5.10 Å². The lowest BCUT2D eigenvalue weighted by Gasteiger charge is -2.08. The molecule has 0 aliphatic heterocycles. The van der Waals surface area contributed by atoms with Crippen molar-refractivity contribution in [3.8, 4) is 5.69 Å². The highest BCUT2D eigenvalue weighted by atomic mass is 16.2. The van der Waals surface area contributed by atoms with Crippen molar-refractivity contribution >= 4 is 16.9 Å². The van der Waals surface area contributed by atoms with Crippen molar-refractivity contribution in [3.63, 3.8) is 0 Å². The van der Waals surface area contributed by atoms with E-state index in [9.17, 15) is 9.59 Å². The maximum Gasteiger partial charge on any atom is 0.264 e. The summed E-state index contributed by atoms with van der Waals surface area (Å²) in [5, 5.41) is 7.52. The molecule has 0 saturated heterocycles. The van der Waals surface area contributed by atoms with Crippen LogP contribution >= 0.6 is 0 Å². The largest absolute Gasteiger partial charge is 0.355 e. The summed E-state index contributed by atoms with van der Waals surface area (Å²) in [6.45, 7) is 6.91. The van der Waals surface area contributed by atoms with Gasteiger partial charge in [-0.25, -0.2) is 9.67 Å². The zero-order valence-corrected chi connectivity index (χ0v) is 16.0. The predicted octanol–water partition coefficient (Wildman–Crippen LogP) is 2.62. The molecule has 0 saturated carbocycles. The second kappa shape index (κ2) is 8.16. The monoisotopic (exact) mass is 367 g/mol. The first-order valence-corrected chi connectivity index (χ1v) is 9.31. The molecule has 1 N–H and O–H groups in total. The molecule has 0 radical (unpaired) electrons. The van der Waals surface area contributed by atoms with Crippen molar-refractivity contribution in [2.75, 3.05) is 6.54 Å². The van der Waals surface area contributed by atoms with Crippen LogP contribution in [0.3, 0.4) is 0 Å². The number of fused-ring (bicyclic) bond motifs is 1. The Kier molecular flexibility index (Phi) is 5.69. The number of carbonyl (C=O) groups is 1. The third kappa shape index (κ3) is 4.07. The molecular weight excluding hydrogens is 342 g/mol. The molecule has 0 spiro atoms. The third-order valence-corrected chi connectivity index (χ3v) is 4.53. The number of amides is 1.